The summed E-state index contributed by atoms with van der Waals surface area (Å²) in [6.07, 6.45) is 3.12. The molecular formula is C19H21N3O2. The van der Waals surface area contributed by atoms with Crippen LogP contribution in [0.5, 0.6) is 0 Å². The number of hydrogen-bond acceptors (Lipinski definition) is 3. The summed E-state index contributed by atoms with van der Waals surface area (Å²) in [6.45, 7) is 6.33. The standard InChI is InChI=1S/C19H19N3O.H2O/c1-12-4-6-13(7-5-12)15-8-18-20-11-14-16(22(18)21-15)9-19(2,3)10-17(14)23;/h4-8,11H,9-10H2,1-3H3;1H2. The molecule has 0 amide bonds. The molecule has 0 spiro atoms. The van der Waals surface area contributed by atoms with Crippen LogP contribution in [-0.2, 0) is 6.42 Å². The Hall–Kier alpha value is -2.53. The van der Waals surface area contributed by atoms with Crippen LogP contribution in [-0.4, -0.2) is 25.9 Å². The minimum atomic E-state index is -0.0334. The molecule has 2 heterocycles. The molecule has 2 aromatic heterocycles. The second kappa shape index (κ2) is 5.53. The number of nitrogens with zero attached hydrogens (tertiary/aromatic N) is 3. The van der Waals surface area contributed by atoms with Crippen molar-refractivity contribution in [2.75, 3.05) is 0 Å². The predicted octanol–water partition coefficient (Wildman–Crippen LogP) is 3.04. The number of rotatable bonds is 1. The predicted molar refractivity (Wildman–Crippen MR) is 93.2 cm³/mol. The van der Waals surface area contributed by atoms with Crippen molar-refractivity contribution in [2.24, 2.45) is 5.41 Å². The molecule has 0 fully saturated rings. The van der Waals surface area contributed by atoms with E-state index in [1.807, 2.05) is 10.6 Å². The number of fused-ring (bicyclic) bond motifs is 3. The van der Waals surface area contributed by atoms with Crippen LogP contribution < -0.4 is 0 Å². The molecule has 5 nitrogen and oxygen atoms in total. The van der Waals surface area contributed by atoms with Crippen LogP contribution in [0.1, 0.15) is 41.9 Å². The van der Waals surface area contributed by atoms with Gasteiger partial charge in [0.05, 0.1) is 17.0 Å². The van der Waals surface area contributed by atoms with E-state index in [0.29, 0.717) is 6.42 Å². The molecule has 24 heavy (non-hydrogen) atoms. The van der Waals surface area contributed by atoms with Gasteiger partial charge < -0.3 is 5.48 Å². The van der Waals surface area contributed by atoms with Crippen LogP contribution in [0, 0.1) is 12.3 Å². The van der Waals surface area contributed by atoms with E-state index in [1.165, 1.54) is 5.56 Å². The van der Waals surface area contributed by atoms with Crippen molar-refractivity contribution in [3.8, 4) is 11.3 Å². The second-order valence-electron chi connectivity index (χ2n) is 7.23. The number of Topliss-reactive ketones (excluding diaryl/α,β-unsaturated/α-hetero) is 1. The Morgan fingerprint density at radius 3 is 2.54 bits per heavy atom. The summed E-state index contributed by atoms with van der Waals surface area (Å²) in [5.41, 5.74) is 5.64. The lowest BCUT2D eigenvalue weighted by Crippen LogP contribution is -2.29. The lowest BCUT2D eigenvalue weighted by molar-refractivity contribution is 0.0908. The third-order valence-electron chi connectivity index (χ3n) is 4.52. The summed E-state index contributed by atoms with van der Waals surface area (Å²) in [5, 5.41) is 4.73. The van der Waals surface area contributed by atoms with Gasteiger partial charge in [-0.2, -0.15) is 5.10 Å². The molecule has 0 bridgehead atoms. The number of aryl methyl sites for hydroxylation is 1. The Bertz CT molecular complexity index is 924. The topological polar surface area (TPSA) is 78.8 Å². The Balaban J connectivity index is 0.00000169. The Morgan fingerprint density at radius 1 is 1.12 bits per heavy atom. The first kappa shape index (κ1) is 16.3. The largest absolute Gasteiger partial charge is 0.412 e. The third kappa shape index (κ3) is 2.61. The van der Waals surface area contributed by atoms with Crippen LogP contribution >= 0.6 is 0 Å². The quantitative estimate of drug-likeness (QED) is 0.690. The van der Waals surface area contributed by atoms with Gasteiger partial charge in [0.25, 0.3) is 0 Å². The molecular weight excluding hydrogens is 302 g/mol. The number of hydrogen-bond donors (Lipinski definition) is 0. The first-order chi connectivity index (χ1) is 10.9. The van der Waals surface area contributed by atoms with Crippen molar-refractivity contribution in [1.29, 1.82) is 0 Å². The van der Waals surface area contributed by atoms with Gasteiger partial charge in [-0.1, -0.05) is 43.7 Å². The molecule has 0 saturated carbocycles. The maximum atomic E-state index is 12.4. The molecule has 4 rings (SSSR count). The van der Waals surface area contributed by atoms with Crippen molar-refractivity contribution < 1.29 is 10.3 Å². The Kier molecular flexibility index (Phi) is 3.76. The van der Waals surface area contributed by atoms with Gasteiger partial charge in [-0.15, -0.1) is 0 Å². The Labute approximate surface area is 140 Å². The SMILES string of the molecule is Cc1ccc(-c2cc3ncc4c(n3n2)CC(C)(C)CC4=O)cc1.O. The fourth-order valence-corrected chi connectivity index (χ4v) is 3.30. The molecule has 5 heteroatoms. The zero-order valence-electron chi connectivity index (χ0n) is 14.1. The number of carbonyl (C=O) groups excluding carboxylic acids is 1. The van der Waals surface area contributed by atoms with E-state index in [2.05, 4.69) is 50.0 Å². The van der Waals surface area contributed by atoms with E-state index in [0.717, 1.165) is 34.6 Å². The molecule has 2 N–H and O–H groups in total. The summed E-state index contributed by atoms with van der Waals surface area (Å²) < 4.78 is 1.85. The average molecular weight is 323 g/mol. The van der Waals surface area contributed by atoms with Gasteiger partial charge in [0.15, 0.2) is 11.4 Å². The molecule has 0 radical (unpaired) electrons. The van der Waals surface area contributed by atoms with Crippen LogP contribution in [0.2, 0.25) is 0 Å². The molecule has 0 saturated heterocycles. The number of carbonyl (C=O) groups is 1. The summed E-state index contributed by atoms with van der Waals surface area (Å²) in [5.74, 6) is 0.165. The van der Waals surface area contributed by atoms with Gasteiger partial charge >= 0.3 is 0 Å². The number of ketones is 1. The van der Waals surface area contributed by atoms with E-state index in [1.54, 1.807) is 6.20 Å². The molecule has 0 aliphatic heterocycles. The molecule has 1 aliphatic rings. The highest BCUT2D eigenvalue weighted by atomic mass is 16.1. The molecule has 124 valence electrons. The maximum Gasteiger partial charge on any atom is 0.166 e. The maximum absolute atomic E-state index is 12.4. The number of aromatic nitrogens is 3. The Morgan fingerprint density at radius 2 is 1.83 bits per heavy atom. The van der Waals surface area contributed by atoms with Crippen molar-refractivity contribution in [1.82, 2.24) is 14.6 Å². The van der Waals surface area contributed by atoms with Gasteiger partial charge in [0.1, 0.15) is 0 Å². The van der Waals surface area contributed by atoms with Crippen molar-refractivity contribution >= 4 is 11.4 Å². The van der Waals surface area contributed by atoms with Gasteiger partial charge in [0, 0.05) is 24.2 Å². The van der Waals surface area contributed by atoms with Gasteiger partial charge in [0.2, 0.25) is 0 Å². The molecule has 3 aromatic rings. The second-order valence-corrected chi connectivity index (χ2v) is 7.23. The smallest absolute Gasteiger partial charge is 0.166 e. The molecule has 0 atom stereocenters. The normalized spacial score (nSPS) is 15.9. The third-order valence-corrected chi connectivity index (χ3v) is 4.52. The summed E-state index contributed by atoms with van der Waals surface area (Å²) >= 11 is 0. The van der Waals surface area contributed by atoms with Crippen LogP contribution in [0.25, 0.3) is 16.9 Å². The van der Waals surface area contributed by atoms with Gasteiger partial charge in [-0.3, -0.25) is 4.79 Å². The summed E-state index contributed by atoms with van der Waals surface area (Å²) in [6, 6.07) is 10.3. The fraction of sp³-hybridized carbons (Fsp3) is 0.316. The van der Waals surface area contributed by atoms with Crippen LogP contribution in [0.15, 0.2) is 36.5 Å². The lowest BCUT2D eigenvalue weighted by Gasteiger charge is -2.29. The van der Waals surface area contributed by atoms with E-state index in [4.69, 9.17) is 5.10 Å². The average Bonchev–Trinajstić information content (AvgIpc) is 2.91. The van der Waals surface area contributed by atoms with Crippen LogP contribution in [0.4, 0.5) is 0 Å². The van der Waals surface area contributed by atoms with E-state index < -0.39 is 0 Å². The molecule has 0 unspecified atom stereocenters. The van der Waals surface area contributed by atoms with Crippen molar-refractivity contribution in [3.63, 3.8) is 0 Å². The first-order valence-electron chi connectivity index (χ1n) is 7.91. The minimum absolute atomic E-state index is 0. The van der Waals surface area contributed by atoms with E-state index in [9.17, 15) is 4.79 Å². The minimum Gasteiger partial charge on any atom is -0.412 e. The highest BCUT2D eigenvalue weighted by Gasteiger charge is 2.33. The highest BCUT2D eigenvalue weighted by Crippen LogP contribution is 2.35. The van der Waals surface area contributed by atoms with Crippen molar-refractivity contribution in [2.45, 2.75) is 33.6 Å². The molecule has 1 aromatic carbocycles. The fourth-order valence-electron chi connectivity index (χ4n) is 3.30. The van der Waals surface area contributed by atoms with Gasteiger partial charge in [-0.25, -0.2) is 9.50 Å². The summed E-state index contributed by atoms with van der Waals surface area (Å²) in [4.78, 5) is 16.8. The highest BCUT2D eigenvalue weighted by molar-refractivity contribution is 5.98. The monoisotopic (exact) mass is 323 g/mol. The van der Waals surface area contributed by atoms with Gasteiger partial charge in [-0.05, 0) is 18.8 Å². The molecule has 1 aliphatic carbocycles. The van der Waals surface area contributed by atoms with E-state index >= 15 is 0 Å². The van der Waals surface area contributed by atoms with Crippen LogP contribution in [0.3, 0.4) is 0 Å². The zero-order valence-corrected chi connectivity index (χ0v) is 14.1. The first-order valence-corrected chi connectivity index (χ1v) is 7.91. The summed E-state index contributed by atoms with van der Waals surface area (Å²) in [7, 11) is 0. The lowest BCUT2D eigenvalue weighted by atomic mass is 9.76. The number of benzene rings is 1. The van der Waals surface area contributed by atoms with E-state index in [-0.39, 0.29) is 16.7 Å². The zero-order chi connectivity index (χ0) is 16.2. The van der Waals surface area contributed by atoms with Crippen molar-refractivity contribution in [3.05, 3.63) is 53.3 Å².